The Kier molecular flexibility index (Phi) is 4.97. The van der Waals surface area contributed by atoms with Gasteiger partial charge < -0.3 is 0 Å². The van der Waals surface area contributed by atoms with Crippen molar-refractivity contribution in [2.75, 3.05) is 5.08 Å². The van der Waals surface area contributed by atoms with E-state index in [0.717, 1.165) is 12.1 Å². The van der Waals surface area contributed by atoms with Crippen molar-refractivity contribution in [2.45, 2.75) is 17.3 Å². The third kappa shape index (κ3) is 4.66. The highest BCUT2D eigenvalue weighted by atomic mass is 32.3. The molecule has 0 aromatic heterocycles. The van der Waals surface area contributed by atoms with Gasteiger partial charge in [-0.25, -0.2) is 8.42 Å². The van der Waals surface area contributed by atoms with Gasteiger partial charge in [0.25, 0.3) is 10.1 Å². The SMILES string of the molecule is Cc1ccc(S(=O)(=O)CS(=O)(=O)OS(=O)(=O)C(F)(F)F)cc1. The van der Waals surface area contributed by atoms with Crippen LogP contribution in [0.15, 0.2) is 29.2 Å². The van der Waals surface area contributed by atoms with Crippen LogP contribution in [0, 0.1) is 6.92 Å². The highest BCUT2D eigenvalue weighted by Crippen LogP contribution is 2.27. The van der Waals surface area contributed by atoms with Gasteiger partial charge in [-0.05, 0) is 19.1 Å². The fourth-order valence-electron chi connectivity index (χ4n) is 1.20. The van der Waals surface area contributed by atoms with Gasteiger partial charge in [-0.2, -0.15) is 30.0 Å². The van der Waals surface area contributed by atoms with Gasteiger partial charge in [0.2, 0.25) is 0 Å². The summed E-state index contributed by atoms with van der Waals surface area (Å²) in [5, 5.41) is -1.95. The molecule has 0 unspecified atom stereocenters. The Bertz CT molecular complexity index is 850. The minimum atomic E-state index is -6.47. The smallest absolute Gasteiger partial charge is 0.223 e. The van der Waals surface area contributed by atoms with E-state index in [0.29, 0.717) is 5.56 Å². The van der Waals surface area contributed by atoms with Gasteiger partial charge in [-0.1, -0.05) is 17.7 Å². The quantitative estimate of drug-likeness (QED) is 0.696. The number of benzene rings is 1. The van der Waals surface area contributed by atoms with E-state index in [-0.39, 0.29) is 0 Å². The molecule has 0 aliphatic rings. The van der Waals surface area contributed by atoms with Crippen molar-refractivity contribution >= 4 is 30.1 Å². The van der Waals surface area contributed by atoms with Gasteiger partial charge in [0, 0.05) is 0 Å². The molecule has 0 saturated carbocycles. The topological polar surface area (TPSA) is 112 Å². The summed E-state index contributed by atoms with van der Waals surface area (Å²) in [6.07, 6.45) is 0. The van der Waals surface area contributed by atoms with E-state index < -0.39 is 45.6 Å². The molecule has 0 amide bonds. The number of hydrogen-bond acceptors (Lipinski definition) is 7. The first-order chi connectivity index (χ1) is 9.66. The second kappa shape index (κ2) is 5.79. The monoisotopic (exact) mass is 382 g/mol. The number of alkyl halides is 3. The highest BCUT2D eigenvalue weighted by Gasteiger charge is 2.50. The average molecular weight is 382 g/mol. The molecule has 1 rings (SSSR count). The van der Waals surface area contributed by atoms with Gasteiger partial charge in [0.1, 0.15) is 0 Å². The minimum Gasteiger partial charge on any atom is -0.223 e. The van der Waals surface area contributed by atoms with Crippen LogP contribution in [0.25, 0.3) is 0 Å². The van der Waals surface area contributed by atoms with Crippen molar-refractivity contribution in [3.63, 3.8) is 0 Å². The Morgan fingerprint density at radius 3 is 1.82 bits per heavy atom. The molecular weight excluding hydrogens is 373 g/mol. The summed E-state index contributed by atoms with van der Waals surface area (Å²) >= 11 is 0. The van der Waals surface area contributed by atoms with E-state index in [2.05, 4.69) is 3.63 Å². The van der Waals surface area contributed by atoms with E-state index >= 15 is 0 Å². The fraction of sp³-hybridized carbons (Fsp3) is 0.333. The molecule has 1 aromatic carbocycles. The first kappa shape index (κ1) is 18.9. The lowest BCUT2D eigenvalue weighted by atomic mass is 10.2. The van der Waals surface area contributed by atoms with E-state index in [1.54, 1.807) is 6.92 Å². The molecule has 0 atom stereocenters. The van der Waals surface area contributed by atoms with Crippen molar-refractivity contribution in [3.8, 4) is 0 Å². The second-order valence-electron chi connectivity index (χ2n) is 4.07. The maximum atomic E-state index is 12.0. The lowest BCUT2D eigenvalue weighted by Gasteiger charge is -2.09. The first-order valence-corrected chi connectivity index (χ1v) is 9.85. The molecule has 7 nitrogen and oxygen atoms in total. The first-order valence-electron chi connectivity index (χ1n) is 5.21. The number of aryl methyl sites for hydroxylation is 1. The molecule has 0 heterocycles. The van der Waals surface area contributed by atoms with Crippen LogP contribution in [0.1, 0.15) is 5.56 Å². The van der Waals surface area contributed by atoms with Gasteiger partial charge in [0.05, 0.1) is 4.90 Å². The molecule has 0 fully saturated rings. The van der Waals surface area contributed by atoms with Crippen molar-refractivity contribution in [2.24, 2.45) is 0 Å². The molecule has 13 heteroatoms. The molecular formula is C9H9F3O7S3. The molecule has 0 aliphatic heterocycles. The van der Waals surface area contributed by atoms with E-state index in [1.807, 2.05) is 0 Å². The van der Waals surface area contributed by atoms with Crippen LogP contribution in [-0.4, -0.2) is 35.8 Å². The number of sulfone groups is 1. The predicted octanol–water partition coefficient (Wildman–Crippen LogP) is 0.922. The normalized spacial score (nSPS) is 14.0. The Morgan fingerprint density at radius 2 is 1.41 bits per heavy atom. The third-order valence-electron chi connectivity index (χ3n) is 2.16. The predicted molar refractivity (Wildman–Crippen MR) is 68.2 cm³/mol. The molecule has 22 heavy (non-hydrogen) atoms. The van der Waals surface area contributed by atoms with Crippen LogP contribution < -0.4 is 0 Å². The third-order valence-corrected chi connectivity index (χ3v) is 7.66. The molecule has 126 valence electrons. The van der Waals surface area contributed by atoms with Crippen LogP contribution in [0.2, 0.25) is 0 Å². The zero-order valence-corrected chi connectivity index (χ0v) is 13.2. The molecule has 0 bridgehead atoms. The second-order valence-corrected chi connectivity index (χ2v) is 9.75. The van der Waals surface area contributed by atoms with Crippen molar-refractivity contribution in [1.82, 2.24) is 0 Å². The molecule has 0 aliphatic carbocycles. The van der Waals surface area contributed by atoms with Crippen LogP contribution in [0.4, 0.5) is 13.2 Å². The summed E-state index contributed by atoms with van der Waals surface area (Å²) in [7, 11) is -16.6. The Balaban J connectivity index is 3.10. The van der Waals surface area contributed by atoms with E-state index in [9.17, 15) is 38.4 Å². The zero-order chi connectivity index (χ0) is 17.4. The molecule has 1 aromatic rings. The molecule has 0 radical (unpaired) electrons. The number of halogens is 3. The van der Waals surface area contributed by atoms with Gasteiger partial charge in [-0.15, -0.1) is 3.63 Å². The van der Waals surface area contributed by atoms with Crippen molar-refractivity contribution in [3.05, 3.63) is 29.8 Å². The molecule has 0 N–H and O–H groups in total. The number of hydrogen-bond donors (Lipinski definition) is 0. The standard InChI is InChI=1S/C9H9F3O7S3/c1-7-2-4-8(5-3-7)20(13,14)6-21(15,16)19-22(17,18)9(10,11)12/h2-5H,6H2,1H3. The number of rotatable bonds is 5. The highest BCUT2D eigenvalue weighted by molar-refractivity contribution is 8.09. The van der Waals surface area contributed by atoms with Gasteiger partial charge in [0.15, 0.2) is 14.9 Å². The lowest BCUT2D eigenvalue weighted by molar-refractivity contribution is -0.0498. The minimum absolute atomic E-state index is 0.505. The summed E-state index contributed by atoms with van der Waals surface area (Å²) in [6, 6.07) is 4.70. The van der Waals surface area contributed by atoms with E-state index in [1.165, 1.54) is 12.1 Å². The Morgan fingerprint density at radius 1 is 0.955 bits per heavy atom. The zero-order valence-electron chi connectivity index (χ0n) is 10.7. The average Bonchev–Trinajstić information content (AvgIpc) is 2.24. The maximum Gasteiger partial charge on any atom is 0.524 e. The summed E-state index contributed by atoms with van der Waals surface area (Å²) in [4.78, 5) is -0.505. The lowest BCUT2D eigenvalue weighted by Crippen LogP contribution is -2.30. The van der Waals surface area contributed by atoms with E-state index in [4.69, 9.17) is 0 Å². The summed E-state index contributed by atoms with van der Waals surface area (Å²) < 4.78 is 106. The van der Waals surface area contributed by atoms with Crippen LogP contribution in [0.5, 0.6) is 0 Å². The van der Waals surface area contributed by atoms with Crippen LogP contribution >= 0.6 is 0 Å². The summed E-state index contributed by atoms with van der Waals surface area (Å²) in [5.41, 5.74) is -5.34. The molecule has 0 saturated heterocycles. The van der Waals surface area contributed by atoms with Crippen LogP contribution in [0.3, 0.4) is 0 Å². The Labute approximate surface area is 124 Å². The van der Waals surface area contributed by atoms with Crippen molar-refractivity contribution < 1.29 is 42.1 Å². The largest absolute Gasteiger partial charge is 0.524 e. The summed E-state index contributed by atoms with van der Waals surface area (Å²) in [6.45, 7) is 1.62. The Hall–Kier alpha value is -1.18. The molecule has 0 spiro atoms. The fourth-order valence-corrected chi connectivity index (χ4v) is 5.72. The van der Waals surface area contributed by atoms with Crippen molar-refractivity contribution in [1.29, 1.82) is 0 Å². The summed E-state index contributed by atoms with van der Waals surface area (Å²) in [5.74, 6) is 0. The van der Waals surface area contributed by atoms with Gasteiger partial charge >= 0.3 is 15.6 Å². The maximum absolute atomic E-state index is 12.0. The van der Waals surface area contributed by atoms with Gasteiger partial charge in [-0.3, -0.25) is 0 Å². The van der Waals surface area contributed by atoms with Crippen LogP contribution in [-0.2, 0) is 33.7 Å².